The molecule has 0 saturated heterocycles. The predicted molar refractivity (Wildman–Crippen MR) is 76.8 cm³/mol. The standard InChI is InChI=1S/C14H22N4O2/c1-10-5-8-20-14(10)12(15)13-11(19-4)9-16-18(13)7-6-17(2)3/h5,8-9,12H,6-7,15H2,1-4H3. The number of likely N-dealkylation sites (N-methyl/N-ethyl adjacent to an activating group) is 1. The van der Waals surface area contributed by atoms with Crippen LogP contribution in [-0.4, -0.2) is 42.4 Å². The molecule has 6 nitrogen and oxygen atoms in total. The van der Waals surface area contributed by atoms with Gasteiger partial charge in [0.25, 0.3) is 0 Å². The molecule has 20 heavy (non-hydrogen) atoms. The molecular formula is C14H22N4O2. The average Bonchev–Trinajstić information content (AvgIpc) is 3.01. The van der Waals surface area contributed by atoms with E-state index in [0.29, 0.717) is 5.75 Å². The van der Waals surface area contributed by atoms with E-state index in [2.05, 4.69) is 10.00 Å². The number of rotatable bonds is 6. The van der Waals surface area contributed by atoms with E-state index < -0.39 is 0 Å². The van der Waals surface area contributed by atoms with Gasteiger partial charge in [-0.05, 0) is 32.6 Å². The van der Waals surface area contributed by atoms with Crippen LogP contribution < -0.4 is 10.5 Å². The van der Waals surface area contributed by atoms with Crippen LogP contribution in [0, 0.1) is 6.92 Å². The van der Waals surface area contributed by atoms with Gasteiger partial charge in [0.2, 0.25) is 0 Å². The molecule has 2 rings (SSSR count). The highest BCUT2D eigenvalue weighted by atomic mass is 16.5. The van der Waals surface area contributed by atoms with E-state index in [0.717, 1.165) is 30.1 Å². The SMILES string of the molecule is COc1cnn(CCN(C)C)c1C(N)c1occc1C. The van der Waals surface area contributed by atoms with Crippen molar-refractivity contribution in [3.05, 3.63) is 35.5 Å². The van der Waals surface area contributed by atoms with Crippen LogP contribution in [0.15, 0.2) is 22.9 Å². The lowest BCUT2D eigenvalue weighted by atomic mass is 10.1. The first-order valence-corrected chi connectivity index (χ1v) is 6.58. The first kappa shape index (κ1) is 14.6. The summed E-state index contributed by atoms with van der Waals surface area (Å²) in [6.07, 6.45) is 3.35. The minimum Gasteiger partial charge on any atom is -0.493 e. The Morgan fingerprint density at radius 1 is 1.50 bits per heavy atom. The van der Waals surface area contributed by atoms with Crippen molar-refractivity contribution >= 4 is 0 Å². The molecule has 2 heterocycles. The van der Waals surface area contributed by atoms with Crippen LogP contribution in [0.5, 0.6) is 5.75 Å². The van der Waals surface area contributed by atoms with Crippen LogP contribution in [0.25, 0.3) is 0 Å². The maximum atomic E-state index is 6.34. The van der Waals surface area contributed by atoms with Gasteiger partial charge in [-0.15, -0.1) is 0 Å². The molecule has 0 aliphatic heterocycles. The number of hydrogen-bond donors (Lipinski definition) is 1. The Bertz CT molecular complexity index is 559. The minimum atomic E-state index is -0.385. The third-order valence-electron chi connectivity index (χ3n) is 3.30. The van der Waals surface area contributed by atoms with Gasteiger partial charge < -0.3 is 19.8 Å². The molecule has 110 valence electrons. The second kappa shape index (κ2) is 6.11. The van der Waals surface area contributed by atoms with Crippen molar-refractivity contribution in [3.8, 4) is 5.75 Å². The van der Waals surface area contributed by atoms with E-state index in [9.17, 15) is 0 Å². The molecule has 6 heteroatoms. The number of methoxy groups -OCH3 is 1. The third kappa shape index (κ3) is 2.86. The number of nitrogens with zero attached hydrogens (tertiary/aromatic N) is 3. The van der Waals surface area contributed by atoms with E-state index >= 15 is 0 Å². The van der Waals surface area contributed by atoms with E-state index in [1.54, 1.807) is 19.6 Å². The summed E-state index contributed by atoms with van der Waals surface area (Å²) in [6.45, 7) is 3.60. The molecule has 0 fully saturated rings. The summed E-state index contributed by atoms with van der Waals surface area (Å²) in [6, 6.07) is 1.52. The molecule has 0 aliphatic carbocycles. The van der Waals surface area contributed by atoms with Gasteiger partial charge >= 0.3 is 0 Å². The lowest BCUT2D eigenvalue weighted by Gasteiger charge is -2.16. The highest BCUT2D eigenvalue weighted by molar-refractivity contribution is 5.35. The van der Waals surface area contributed by atoms with Crippen LogP contribution in [0.1, 0.15) is 23.1 Å². The maximum absolute atomic E-state index is 6.34. The van der Waals surface area contributed by atoms with Gasteiger partial charge in [-0.2, -0.15) is 5.10 Å². The molecule has 2 N–H and O–H groups in total. The average molecular weight is 278 g/mol. The smallest absolute Gasteiger partial charge is 0.162 e. The normalized spacial score (nSPS) is 12.9. The van der Waals surface area contributed by atoms with Crippen molar-refractivity contribution in [2.75, 3.05) is 27.7 Å². The number of aryl methyl sites for hydroxylation is 1. The molecule has 2 aromatic heterocycles. The molecule has 0 spiro atoms. The van der Waals surface area contributed by atoms with Gasteiger partial charge in [-0.1, -0.05) is 0 Å². The fourth-order valence-electron chi connectivity index (χ4n) is 2.15. The molecule has 0 bridgehead atoms. The van der Waals surface area contributed by atoms with E-state index in [1.807, 2.05) is 31.8 Å². The topological polar surface area (TPSA) is 69.5 Å². The fraction of sp³-hybridized carbons (Fsp3) is 0.500. The Morgan fingerprint density at radius 3 is 2.80 bits per heavy atom. The van der Waals surface area contributed by atoms with Crippen molar-refractivity contribution in [2.24, 2.45) is 5.73 Å². The minimum absolute atomic E-state index is 0.385. The van der Waals surface area contributed by atoms with E-state index in [-0.39, 0.29) is 6.04 Å². The molecule has 0 amide bonds. The quantitative estimate of drug-likeness (QED) is 0.865. The van der Waals surface area contributed by atoms with Crippen LogP contribution in [0.2, 0.25) is 0 Å². The first-order valence-electron chi connectivity index (χ1n) is 6.58. The Hall–Kier alpha value is -1.79. The largest absolute Gasteiger partial charge is 0.493 e. The van der Waals surface area contributed by atoms with Crippen molar-refractivity contribution in [1.29, 1.82) is 0 Å². The Kier molecular flexibility index (Phi) is 4.46. The summed E-state index contributed by atoms with van der Waals surface area (Å²) in [5.74, 6) is 1.43. The van der Waals surface area contributed by atoms with Gasteiger partial charge in [-0.3, -0.25) is 4.68 Å². The zero-order chi connectivity index (χ0) is 14.7. The van der Waals surface area contributed by atoms with Gasteiger partial charge in [-0.25, -0.2) is 0 Å². The number of aromatic nitrogens is 2. The first-order chi connectivity index (χ1) is 9.54. The summed E-state index contributed by atoms with van der Waals surface area (Å²) >= 11 is 0. The second-order valence-electron chi connectivity index (χ2n) is 5.07. The van der Waals surface area contributed by atoms with E-state index in [4.69, 9.17) is 14.9 Å². The maximum Gasteiger partial charge on any atom is 0.162 e. The number of ether oxygens (including phenoxy) is 1. The third-order valence-corrected chi connectivity index (χ3v) is 3.30. The van der Waals surface area contributed by atoms with Crippen LogP contribution in [0.3, 0.4) is 0 Å². The lowest BCUT2D eigenvalue weighted by molar-refractivity contribution is 0.359. The van der Waals surface area contributed by atoms with Gasteiger partial charge in [0.15, 0.2) is 5.75 Å². The molecule has 0 aliphatic rings. The summed E-state index contributed by atoms with van der Waals surface area (Å²) in [7, 11) is 5.67. The zero-order valence-electron chi connectivity index (χ0n) is 12.5. The monoisotopic (exact) mass is 278 g/mol. The summed E-state index contributed by atoms with van der Waals surface area (Å²) in [4.78, 5) is 2.10. The second-order valence-corrected chi connectivity index (χ2v) is 5.07. The Labute approximate surface area is 119 Å². The van der Waals surface area contributed by atoms with Crippen molar-refractivity contribution < 1.29 is 9.15 Å². The fourth-order valence-corrected chi connectivity index (χ4v) is 2.15. The number of nitrogens with two attached hydrogens (primary N) is 1. The summed E-state index contributed by atoms with van der Waals surface area (Å²) in [5, 5.41) is 4.36. The zero-order valence-corrected chi connectivity index (χ0v) is 12.5. The van der Waals surface area contributed by atoms with E-state index in [1.165, 1.54) is 0 Å². The van der Waals surface area contributed by atoms with Crippen LogP contribution in [0.4, 0.5) is 0 Å². The molecule has 1 atom stereocenters. The van der Waals surface area contributed by atoms with Crippen molar-refractivity contribution in [2.45, 2.75) is 19.5 Å². The molecule has 0 saturated carbocycles. The van der Waals surface area contributed by atoms with Crippen molar-refractivity contribution in [3.63, 3.8) is 0 Å². The van der Waals surface area contributed by atoms with Crippen LogP contribution in [-0.2, 0) is 6.54 Å². The Morgan fingerprint density at radius 2 is 2.25 bits per heavy atom. The Balaban J connectivity index is 2.33. The van der Waals surface area contributed by atoms with Gasteiger partial charge in [0.1, 0.15) is 17.5 Å². The predicted octanol–water partition coefficient (Wildman–Crippen LogP) is 1.40. The number of hydrogen-bond acceptors (Lipinski definition) is 5. The van der Waals surface area contributed by atoms with Gasteiger partial charge in [0.05, 0.1) is 26.1 Å². The summed E-state index contributed by atoms with van der Waals surface area (Å²) < 4.78 is 12.8. The number of furan rings is 1. The summed E-state index contributed by atoms with van der Waals surface area (Å²) in [5.41, 5.74) is 8.21. The lowest BCUT2D eigenvalue weighted by Crippen LogP contribution is -2.23. The molecule has 0 radical (unpaired) electrons. The molecule has 0 aromatic carbocycles. The van der Waals surface area contributed by atoms with Gasteiger partial charge in [0, 0.05) is 6.54 Å². The van der Waals surface area contributed by atoms with Crippen molar-refractivity contribution in [1.82, 2.24) is 14.7 Å². The molecule has 1 unspecified atom stereocenters. The molecule has 2 aromatic rings. The highest BCUT2D eigenvalue weighted by Gasteiger charge is 2.23. The molecular weight excluding hydrogens is 256 g/mol. The van der Waals surface area contributed by atoms with Crippen LogP contribution >= 0.6 is 0 Å². The highest BCUT2D eigenvalue weighted by Crippen LogP contribution is 2.30.